The molecule has 17 nitrogen and oxygen atoms in total. The van der Waals surface area contributed by atoms with Crippen molar-refractivity contribution < 1.29 is 80.2 Å². The zero-order valence-electron chi connectivity index (χ0n) is 54.9. The number of carbonyl (C=O) groups is 4. The molecule has 0 aromatic rings. The maximum atomic E-state index is 13.0. The summed E-state index contributed by atoms with van der Waals surface area (Å²) >= 11 is 0. The first kappa shape index (κ1) is 83.1. The van der Waals surface area contributed by atoms with E-state index < -0.39 is 97.5 Å². The Morgan fingerprint density at radius 2 is 0.600 bits per heavy atom. The molecule has 0 rings (SSSR count). The Hall–Kier alpha value is -1.94. The van der Waals surface area contributed by atoms with E-state index in [0.717, 1.165) is 109 Å². The zero-order chi connectivity index (χ0) is 62.9. The molecule has 19 heteroatoms. The van der Waals surface area contributed by atoms with Gasteiger partial charge in [-0.15, -0.1) is 0 Å². The molecule has 504 valence electrons. The SMILES string of the molecule is CCCCCCCCCCCCCCCCCCCC(=O)O[C@H](COC(=O)CCCCCCCCCCC(C)CC)COP(=O)(O)OC[C@@H](O)COP(=O)(O)OC[C@@H](COC(=O)CCCCCCCCC)OC(=O)CCCCCCCCC(C)C. The van der Waals surface area contributed by atoms with E-state index >= 15 is 0 Å². The van der Waals surface area contributed by atoms with Crippen LogP contribution < -0.4 is 0 Å². The summed E-state index contributed by atoms with van der Waals surface area (Å²) in [5.41, 5.74) is 0. The van der Waals surface area contributed by atoms with Crippen LogP contribution in [0.2, 0.25) is 0 Å². The van der Waals surface area contributed by atoms with Crippen molar-refractivity contribution in [3.63, 3.8) is 0 Å². The second-order valence-electron chi connectivity index (χ2n) is 24.6. The minimum absolute atomic E-state index is 0.102. The number of hydrogen-bond donors (Lipinski definition) is 3. The minimum Gasteiger partial charge on any atom is -0.462 e. The Labute approximate surface area is 517 Å². The fraction of sp³-hybridized carbons (Fsp3) is 0.939. The molecule has 0 heterocycles. The van der Waals surface area contributed by atoms with Gasteiger partial charge in [0.2, 0.25) is 0 Å². The maximum absolute atomic E-state index is 13.0. The number of phosphoric acid groups is 2. The average molecular weight is 1260 g/mol. The summed E-state index contributed by atoms with van der Waals surface area (Å²) in [4.78, 5) is 72.2. The molecule has 0 aromatic carbocycles. The van der Waals surface area contributed by atoms with Gasteiger partial charge in [0.25, 0.3) is 0 Å². The Kier molecular flexibility index (Phi) is 57.1. The summed E-state index contributed by atoms with van der Waals surface area (Å²) in [7, 11) is -9.89. The highest BCUT2D eigenvalue weighted by molar-refractivity contribution is 7.47. The largest absolute Gasteiger partial charge is 0.472 e. The molecule has 0 aromatic heterocycles. The number of unbranched alkanes of at least 4 members (excludes halogenated alkanes) is 34. The van der Waals surface area contributed by atoms with E-state index in [1.807, 2.05) is 0 Å². The highest BCUT2D eigenvalue weighted by Crippen LogP contribution is 2.45. The summed E-state index contributed by atoms with van der Waals surface area (Å²) in [6, 6.07) is 0. The minimum atomic E-state index is -4.95. The monoisotopic (exact) mass is 1250 g/mol. The molecular weight excluding hydrogens is 1130 g/mol. The van der Waals surface area contributed by atoms with Crippen LogP contribution in [0, 0.1) is 11.8 Å². The molecule has 0 bridgehead atoms. The average Bonchev–Trinajstić information content (AvgIpc) is 3.50. The van der Waals surface area contributed by atoms with Crippen molar-refractivity contribution in [1.29, 1.82) is 0 Å². The Morgan fingerprint density at radius 3 is 0.894 bits per heavy atom. The van der Waals surface area contributed by atoms with E-state index in [2.05, 4.69) is 41.5 Å². The third-order valence-corrected chi connectivity index (χ3v) is 17.5. The van der Waals surface area contributed by atoms with Crippen molar-refractivity contribution in [2.75, 3.05) is 39.6 Å². The van der Waals surface area contributed by atoms with Gasteiger partial charge in [0.05, 0.1) is 26.4 Å². The van der Waals surface area contributed by atoms with E-state index in [-0.39, 0.29) is 25.7 Å². The predicted molar refractivity (Wildman–Crippen MR) is 340 cm³/mol. The van der Waals surface area contributed by atoms with E-state index in [1.165, 1.54) is 135 Å². The highest BCUT2D eigenvalue weighted by atomic mass is 31.2. The van der Waals surface area contributed by atoms with Crippen molar-refractivity contribution in [3.05, 3.63) is 0 Å². The number of carbonyl (C=O) groups excluding carboxylic acids is 4. The van der Waals surface area contributed by atoms with Gasteiger partial charge in [-0.3, -0.25) is 37.3 Å². The number of hydrogen-bond acceptors (Lipinski definition) is 15. The van der Waals surface area contributed by atoms with Crippen LogP contribution in [0.4, 0.5) is 0 Å². The molecular formula is C66H128O17P2. The lowest BCUT2D eigenvalue weighted by Gasteiger charge is -2.21. The van der Waals surface area contributed by atoms with Gasteiger partial charge in [0, 0.05) is 25.7 Å². The Morgan fingerprint density at radius 1 is 0.341 bits per heavy atom. The second-order valence-corrected chi connectivity index (χ2v) is 27.5. The lowest BCUT2D eigenvalue weighted by Crippen LogP contribution is -2.30. The lowest BCUT2D eigenvalue weighted by atomic mass is 9.99. The van der Waals surface area contributed by atoms with Crippen LogP contribution in [0.3, 0.4) is 0 Å². The molecule has 6 atom stereocenters. The maximum Gasteiger partial charge on any atom is 0.472 e. The van der Waals surface area contributed by atoms with Crippen LogP contribution in [-0.4, -0.2) is 96.7 Å². The fourth-order valence-electron chi connectivity index (χ4n) is 9.85. The van der Waals surface area contributed by atoms with E-state index in [4.69, 9.17) is 37.0 Å². The van der Waals surface area contributed by atoms with Crippen molar-refractivity contribution in [3.8, 4) is 0 Å². The molecule has 0 aliphatic rings. The van der Waals surface area contributed by atoms with E-state index in [1.54, 1.807) is 0 Å². The summed E-state index contributed by atoms with van der Waals surface area (Å²) in [6.45, 7) is 9.38. The van der Waals surface area contributed by atoms with E-state index in [0.29, 0.717) is 31.6 Å². The molecule has 0 saturated heterocycles. The van der Waals surface area contributed by atoms with Gasteiger partial charge in [0.1, 0.15) is 19.3 Å². The molecule has 0 amide bonds. The Balaban J connectivity index is 5.19. The van der Waals surface area contributed by atoms with Crippen molar-refractivity contribution in [1.82, 2.24) is 0 Å². The number of ether oxygens (including phenoxy) is 4. The lowest BCUT2D eigenvalue weighted by molar-refractivity contribution is -0.161. The van der Waals surface area contributed by atoms with Gasteiger partial charge in [-0.1, -0.05) is 279 Å². The van der Waals surface area contributed by atoms with Crippen molar-refractivity contribution >= 4 is 39.5 Å². The third-order valence-electron chi connectivity index (χ3n) is 15.6. The fourth-order valence-corrected chi connectivity index (χ4v) is 11.4. The molecule has 3 N–H and O–H groups in total. The molecule has 0 aliphatic heterocycles. The standard InChI is InChI=1S/C66H128O17P2/c1-7-10-12-14-16-17-18-19-20-21-22-23-24-25-31-38-44-50-65(70)82-61(55-77-64(69)49-43-37-30-27-26-29-35-41-47-59(6)9-3)56-80-84(72,73)78-52-60(67)53-79-85(74,75)81-57-62(54-76-63(68)48-42-36-28-15-13-11-8-2)83-66(71)51-45-39-33-32-34-40-46-58(4)5/h58-62,67H,7-57H2,1-6H3,(H,72,73)(H,74,75)/t59?,60-,61-,62-/m1/s1. The van der Waals surface area contributed by atoms with Gasteiger partial charge >= 0.3 is 39.5 Å². The first-order valence-corrected chi connectivity index (χ1v) is 37.5. The quantitative estimate of drug-likeness (QED) is 0.0222. The molecule has 0 radical (unpaired) electrons. The van der Waals surface area contributed by atoms with Gasteiger partial charge < -0.3 is 33.8 Å². The highest BCUT2D eigenvalue weighted by Gasteiger charge is 2.30. The first-order chi connectivity index (χ1) is 40.9. The van der Waals surface area contributed by atoms with Crippen molar-refractivity contribution in [2.24, 2.45) is 11.8 Å². The van der Waals surface area contributed by atoms with Gasteiger partial charge in [-0.25, -0.2) is 9.13 Å². The van der Waals surface area contributed by atoms with Crippen LogP contribution >= 0.6 is 15.6 Å². The first-order valence-electron chi connectivity index (χ1n) is 34.5. The summed E-state index contributed by atoms with van der Waals surface area (Å²) in [5.74, 6) is -0.692. The smallest absolute Gasteiger partial charge is 0.462 e. The van der Waals surface area contributed by atoms with E-state index in [9.17, 15) is 43.2 Å². The van der Waals surface area contributed by atoms with Gasteiger partial charge in [0.15, 0.2) is 12.2 Å². The van der Waals surface area contributed by atoms with Crippen LogP contribution in [0.1, 0.15) is 330 Å². The number of esters is 4. The molecule has 0 aliphatic carbocycles. The molecule has 85 heavy (non-hydrogen) atoms. The Bertz CT molecular complexity index is 1670. The second kappa shape index (κ2) is 58.4. The van der Waals surface area contributed by atoms with Gasteiger partial charge in [-0.2, -0.15) is 0 Å². The number of rotatable bonds is 65. The normalized spacial score (nSPS) is 14.6. The van der Waals surface area contributed by atoms with Crippen LogP contribution in [0.5, 0.6) is 0 Å². The van der Waals surface area contributed by atoms with Crippen LogP contribution in [0.15, 0.2) is 0 Å². The van der Waals surface area contributed by atoms with Crippen LogP contribution in [0.25, 0.3) is 0 Å². The summed E-state index contributed by atoms with van der Waals surface area (Å²) in [6.07, 6.45) is 42.0. The van der Waals surface area contributed by atoms with Gasteiger partial charge in [-0.05, 0) is 37.5 Å². The van der Waals surface area contributed by atoms with Crippen molar-refractivity contribution in [2.45, 2.75) is 349 Å². The number of aliphatic hydroxyl groups excluding tert-OH is 1. The molecule has 0 saturated carbocycles. The zero-order valence-corrected chi connectivity index (χ0v) is 56.7. The number of phosphoric ester groups is 2. The molecule has 3 unspecified atom stereocenters. The topological polar surface area (TPSA) is 237 Å². The predicted octanol–water partition coefficient (Wildman–Crippen LogP) is 18.4. The number of aliphatic hydroxyl groups is 1. The molecule has 0 spiro atoms. The molecule has 0 fully saturated rings. The summed E-state index contributed by atoms with van der Waals surface area (Å²) in [5, 5.41) is 10.5. The van der Waals surface area contributed by atoms with Crippen LogP contribution in [-0.2, 0) is 65.4 Å². The summed E-state index contributed by atoms with van der Waals surface area (Å²) < 4.78 is 68.0. The third kappa shape index (κ3) is 59.5.